The highest BCUT2D eigenvalue weighted by Crippen LogP contribution is 2.25. The predicted octanol–water partition coefficient (Wildman–Crippen LogP) is 1.38. The Balaban J connectivity index is 2.31. The van der Waals surface area contributed by atoms with Gasteiger partial charge in [-0.25, -0.2) is 4.98 Å². The van der Waals surface area contributed by atoms with Crippen LogP contribution in [0.2, 0.25) is 0 Å². The van der Waals surface area contributed by atoms with E-state index in [0.29, 0.717) is 5.56 Å². The second-order valence-corrected chi connectivity index (χ2v) is 4.51. The predicted molar refractivity (Wildman–Crippen MR) is 75.9 cm³/mol. The lowest BCUT2D eigenvalue weighted by molar-refractivity contribution is 0.948. The van der Waals surface area contributed by atoms with Crippen molar-refractivity contribution in [3.8, 4) is 17.2 Å². The monoisotopic (exact) mass is 265 g/mol. The Morgan fingerprint density at radius 2 is 2.20 bits per heavy atom. The SMILES string of the molecule is Cn1cnc2cc(-c3cc(N)[nH]c(=O)c3C#N)ccc21. The zero-order valence-corrected chi connectivity index (χ0v) is 10.7. The number of aryl methyl sites for hydroxylation is 1. The molecule has 0 atom stereocenters. The van der Waals surface area contributed by atoms with E-state index < -0.39 is 5.56 Å². The van der Waals surface area contributed by atoms with Gasteiger partial charge in [0.25, 0.3) is 5.56 Å². The van der Waals surface area contributed by atoms with E-state index >= 15 is 0 Å². The fourth-order valence-corrected chi connectivity index (χ4v) is 2.22. The van der Waals surface area contributed by atoms with Crippen LogP contribution in [0.4, 0.5) is 5.82 Å². The molecule has 0 aliphatic carbocycles. The van der Waals surface area contributed by atoms with Gasteiger partial charge in [-0.15, -0.1) is 0 Å². The molecule has 3 rings (SSSR count). The average Bonchev–Trinajstić information content (AvgIpc) is 2.79. The van der Waals surface area contributed by atoms with E-state index in [4.69, 9.17) is 11.0 Å². The first-order valence-corrected chi connectivity index (χ1v) is 5.94. The molecular formula is C14H11N5O. The second kappa shape index (κ2) is 4.24. The molecule has 0 unspecified atom stereocenters. The van der Waals surface area contributed by atoms with Crippen LogP contribution in [0, 0.1) is 11.3 Å². The quantitative estimate of drug-likeness (QED) is 0.694. The van der Waals surface area contributed by atoms with Gasteiger partial charge >= 0.3 is 0 Å². The maximum absolute atomic E-state index is 11.8. The molecule has 0 saturated heterocycles. The van der Waals surface area contributed by atoms with E-state index in [9.17, 15) is 4.79 Å². The molecule has 0 bridgehead atoms. The summed E-state index contributed by atoms with van der Waals surface area (Å²) >= 11 is 0. The Bertz CT molecular complexity index is 913. The number of nitrogens with one attached hydrogen (secondary N) is 1. The summed E-state index contributed by atoms with van der Waals surface area (Å²) in [6.45, 7) is 0. The lowest BCUT2D eigenvalue weighted by Gasteiger charge is -2.05. The van der Waals surface area contributed by atoms with E-state index in [-0.39, 0.29) is 11.4 Å². The van der Waals surface area contributed by atoms with E-state index in [1.54, 1.807) is 12.4 Å². The maximum Gasteiger partial charge on any atom is 0.268 e. The number of nitrogens with two attached hydrogens (primary N) is 1. The van der Waals surface area contributed by atoms with Gasteiger partial charge < -0.3 is 15.3 Å². The number of nitrogens with zero attached hydrogens (tertiary/aromatic N) is 3. The molecule has 20 heavy (non-hydrogen) atoms. The normalized spacial score (nSPS) is 10.6. The van der Waals surface area contributed by atoms with Gasteiger partial charge in [0, 0.05) is 12.6 Å². The van der Waals surface area contributed by atoms with Crippen LogP contribution in [0.25, 0.3) is 22.2 Å². The van der Waals surface area contributed by atoms with Crippen LogP contribution in [0.1, 0.15) is 5.56 Å². The van der Waals surface area contributed by atoms with Crippen LogP contribution in [-0.4, -0.2) is 14.5 Å². The Morgan fingerprint density at radius 1 is 1.40 bits per heavy atom. The van der Waals surface area contributed by atoms with Gasteiger partial charge in [0.2, 0.25) is 0 Å². The maximum atomic E-state index is 11.8. The van der Waals surface area contributed by atoms with Gasteiger partial charge in [-0.2, -0.15) is 5.26 Å². The molecule has 3 aromatic rings. The molecule has 0 spiro atoms. The van der Waals surface area contributed by atoms with Crippen LogP contribution >= 0.6 is 0 Å². The van der Waals surface area contributed by atoms with Gasteiger partial charge in [-0.05, 0) is 23.8 Å². The van der Waals surface area contributed by atoms with Gasteiger partial charge in [0.15, 0.2) is 0 Å². The molecule has 0 amide bonds. The summed E-state index contributed by atoms with van der Waals surface area (Å²) < 4.78 is 1.90. The van der Waals surface area contributed by atoms with Crippen molar-refractivity contribution < 1.29 is 0 Å². The van der Waals surface area contributed by atoms with Crippen molar-refractivity contribution in [3.63, 3.8) is 0 Å². The highest BCUT2D eigenvalue weighted by Gasteiger charge is 2.11. The topological polar surface area (TPSA) is 100 Å². The molecule has 6 heteroatoms. The van der Waals surface area contributed by atoms with Gasteiger partial charge in [0.05, 0.1) is 17.4 Å². The summed E-state index contributed by atoms with van der Waals surface area (Å²) in [5.41, 5.74) is 8.25. The second-order valence-electron chi connectivity index (χ2n) is 4.51. The lowest BCUT2D eigenvalue weighted by Crippen LogP contribution is -2.13. The summed E-state index contributed by atoms with van der Waals surface area (Å²) in [6, 6.07) is 9.09. The molecule has 0 radical (unpaired) electrons. The number of anilines is 1. The van der Waals surface area contributed by atoms with Crippen molar-refractivity contribution in [1.29, 1.82) is 5.26 Å². The third-order valence-electron chi connectivity index (χ3n) is 3.20. The molecule has 0 aliphatic heterocycles. The first-order chi connectivity index (χ1) is 9.60. The number of nitriles is 1. The van der Waals surface area contributed by atoms with Crippen LogP contribution < -0.4 is 11.3 Å². The number of pyridine rings is 1. The van der Waals surface area contributed by atoms with Crippen LogP contribution in [0.5, 0.6) is 0 Å². The number of fused-ring (bicyclic) bond motifs is 1. The van der Waals surface area contributed by atoms with E-state index in [1.807, 2.05) is 35.9 Å². The average molecular weight is 265 g/mol. The fraction of sp³-hybridized carbons (Fsp3) is 0.0714. The molecule has 98 valence electrons. The summed E-state index contributed by atoms with van der Waals surface area (Å²) in [5.74, 6) is 0.227. The molecular weight excluding hydrogens is 254 g/mol. The number of nitrogen functional groups attached to an aromatic ring is 1. The number of imidazole rings is 1. The largest absolute Gasteiger partial charge is 0.385 e. The van der Waals surface area contributed by atoms with Gasteiger partial charge in [-0.3, -0.25) is 4.79 Å². The molecule has 1 aromatic carbocycles. The first-order valence-electron chi connectivity index (χ1n) is 5.94. The lowest BCUT2D eigenvalue weighted by atomic mass is 10.0. The Morgan fingerprint density at radius 3 is 2.95 bits per heavy atom. The molecule has 2 aromatic heterocycles. The molecule has 0 fully saturated rings. The first kappa shape index (κ1) is 12.0. The zero-order chi connectivity index (χ0) is 14.3. The summed E-state index contributed by atoms with van der Waals surface area (Å²) in [7, 11) is 1.90. The molecule has 0 saturated carbocycles. The summed E-state index contributed by atoms with van der Waals surface area (Å²) in [6.07, 6.45) is 1.71. The van der Waals surface area contributed by atoms with Crippen LogP contribution in [0.15, 0.2) is 35.4 Å². The number of hydrogen-bond donors (Lipinski definition) is 2. The van der Waals surface area contributed by atoms with Crippen LogP contribution in [-0.2, 0) is 7.05 Å². The third kappa shape index (κ3) is 1.73. The number of aromatic amines is 1. The van der Waals surface area contributed by atoms with Crippen molar-refractivity contribution in [2.45, 2.75) is 0 Å². The van der Waals surface area contributed by atoms with Crippen molar-refractivity contribution in [2.24, 2.45) is 7.05 Å². The number of hydrogen-bond acceptors (Lipinski definition) is 4. The van der Waals surface area contributed by atoms with Gasteiger partial charge in [0.1, 0.15) is 17.5 Å². The minimum absolute atomic E-state index is 0.0504. The van der Waals surface area contributed by atoms with Crippen LogP contribution in [0.3, 0.4) is 0 Å². The molecule has 2 heterocycles. The number of H-pyrrole nitrogens is 1. The fourth-order valence-electron chi connectivity index (χ4n) is 2.22. The number of benzene rings is 1. The van der Waals surface area contributed by atoms with E-state index in [2.05, 4.69) is 9.97 Å². The van der Waals surface area contributed by atoms with E-state index in [0.717, 1.165) is 16.6 Å². The molecule has 6 nitrogen and oxygen atoms in total. The molecule has 3 N–H and O–H groups in total. The number of aromatic nitrogens is 3. The minimum Gasteiger partial charge on any atom is -0.385 e. The Kier molecular flexibility index (Phi) is 2.54. The smallest absolute Gasteiger partial charge is 0.268 e. The Hall–Kier alpha value is -3.07. The van der Waals surface area contributed by atoms with Gasteiger partial charge in [-0.1, -0.05) is 6.07 Å². The van der Waals surface area contributed by atoms with Crippen molar-refractivity contribution in [1.82, 2.24) is 14.5 Å². The zero-order valence-electron chi connectivity index (χ0n) is 10.7. The highest BCUT2D eigenvalue weighted by atomic mass is 16.1. The standard InChI is InChI=1S/C14H11N5O/c1-19-7-17-11-4-8(2-3-12(11)19)9-5-13(16)18-14(20)10(9)6-15/h2-5,7H,1H3,(H3,16,18,20). The third-order valence-corrected chi connectivity index (χ3v) is 3.20. The van der Waals surface area contributed by atoms with Crippen molar-refractivity contribution in [3.05, 3.63) is 46.5 Å². The minimum atomic E-state index is -0.483. The molecule has 0 aliphatic rings. The summed E-state index contributed by atoms with van der Waals surface area (Å²) in [5, 5.41) is 9.14. The highest BCUT2D eigenvalue weighted by molar-refractivity contribution is 5.84. The Labute approximate surface area is 114 Å². The van der Waals surface area contributed by atoms with Crippen molar-refractivity contribution >= 4 is 16.9 Å². The number of rotatable bonds is 1. The summed E-state index contributed by atoms with van der Waals surface area (Å²) in [4.78, 5) is 18.4. The van der Waals surface area contributed by atoms with Crippen molar-refractivity contribution in [2.75, 3.05) is 5.73 Å². The van der Waals surface area contributed by atoms with E-state index in [1.165, 1.54) is 0 Å².